The molecule has 2 aliphatic heterocycles. The van der Waals surface area contributed by atoms with Gasteiger partial charge in [0.25, 0.3) is 0 Å². The van der Waals surface area contributed by atoms with Crippen molar-refractivity contribution in [1.82, 2.24) is 5.32 Å². The highest BCUT2D eigenvalue weighted by Crippen LogP contribution is 2.21. The van der Waals surface area contributed by atoms with Gasteiger partial charge >= 0.3 is 0 Å². The lowest BCUT2D eigenvalue weighted by Gasteiger charge is -2.28. The number of para-hydroxylation sites is 1. The standard InChI is InChI=1S/C16H20N2O3/c19-15-9-8-14(17-15)16(20)18(11-13-7-4-10-21-13)12-5-2-1-3-6-12/h1-3,5-6,13-14H,4,7-11H2,(H,17,19). The van der Waals surface area contributed by atoms with E-state index in [2.05, 4.69) is 5.32 Å². The second-order valence-electron chi connectivity index (χ2n) is 5.58. The summed E-state index contributed by atoms with van der Waals surface area (Å²) in [5, 5.41) is 2.76. The van der Waals surface area contributed by atoms with E-state index in [1.54, 1.807) is 4.90 Å². The fraction of sp³-hybridized carbons (Fsp3) is 0.500. The smallest absolute Gasteiger partial charge is 0.249 e. The quantitative estimate of drug-likeness (QED) is 0.913. The molecule has 2 heterocycles. The van der Waals surface area contributed by atoms with Crippen molar-refractivity contribution in [2.75, 3.05) is 18.1 Å². The molecule has 0 saturated carbocycles. The lowest BCUT2D eigenvalue weighted by atomic mass is 10.1. The van der Waals surface area contributed by atoms with E-state index in [0.29, 0.717) is 19.4 Å². The van der Waals surface area contributed by atoms with Gasteiger partial charge in [-0.3, -0.25) is 9.59 Å². The third-order valence-corrected chi connectivity index (χ3v) is 4.04. The van der Waals surface area contributed by atoms with Gasteiger partial charge in [0, 0.05) is 18.7 Å². The van der Waals surface area contributed by atoms with Crippen LogP contribution in [0, 0.1) is 0 Å². The van der Waals surface area contributed by atoms with Crippen LogP contribution >= 0.6 is 0 Å². The van der Waals surface area contributed by atoms with Crippen LogP contribution in [0.4, 0.5) is 5.69 Å². The summed E-state index contributed by atoms with van der Waals surface area (Å²) < 4.78 is 5.66. The van der Waals surface area contributed by atoms with Crippen LogP contribution in [0.2, 0.25) is 0 Å². The highest BCUT2D eigenvalue weighted by Gasteiger charge is 2.33. The molecule has 0 radical (unpaired) electrons. The number of benzene rings is 1. The molecule has 2 amide bonds. The van der Waals surface area contributed by atoms with E-state index in [1.807, 2.05) is 30.3 Å². The number of carbonyl (C=O) groups excluding carboxylic acids is 2. The highest BCUT2D eigenvalue weighted by molar-refractivity contribution is 6.00. The zero-order chi connectivity index (χ0) is 14.7. The average molecular weight is 288 g/mol. The molecule has 0 spiro atoms. The Labute approximate surface area is 124 Å². The van der Waals surface area contributed by atoms with Crippen molar-refractivity contribution in [3.05, 3.63) is 30.3 Å². The number of carbonyl (C=O) groups is 2. The average Bonchev–Trinajstić information content (AvgIpc) is 3.16. The first-order chi connectivity index (χ1) is 10.2. The minimum atomic E-state index is -0.404. The van der Waals surface area contributed by atoms with E-state index >= 15 is 0 Å². The lowest BCUT2D eigenvalue weighted by molar-refractivity contribution is -0.124. The highest BCUT2D eigenvalue weighted by atomic mass is 16.5. The van der Waals surface area contributed by atoms with Gasteiger partial charge in [0.1, 0.15) is 6.04 Å². The zero-order valence-electron chi connectivity index (χ0n) is 12.0. The second kappa shape index (κ2) is 6.26. The molecule has 1 aromatic rings. The summed E-state index contributed by atoms with van der Waals surface area (Å²) in [4.78, 5) is 25.8. The SMILES string of the molecule is O=C1CCC(C(=O)N(CC2CCCO2)c2ccccc2)N1. The normalized spacial score (nSPS) is 24.9. The van der Waals surface area contributed by atoms with Gasteiger partial charge in [-0.25, -0.2) is 0 Å². The van der Waals surface area contributed by atoms with Crippen LogP contribution in [0.25, 0.3) is 0 Å². The van der Waals surface area contributed by atoms with Crippen LogP contribution in [-0.2, 0) is 14.3 Å². The van der Waals surface area contributed by atoms with E-state index in [1.165, 1.54) is 0 Å². The molecule has 2 fully saturated rings. The Morgan fingerprint density at radius 3 is 2.71 bits per heavy atom. The molecule has 2 saturated heterocycles. The van der Waals surface area contributed by atoms with Gasteiger partial charge in [0.2, 0.25) is 11.8 Å². The number of nitrogens with zero attached hydrogens (tertiary/aromatic N) is 1. The molecule has 2 aliphatic rings. The Kier molecular flexibility index (Phi) is 4.20. The van der Waals surface area contributed by atoms with Gasteiger partial charge in [-0.05, 0) is 31.4 Å². The van der Waals surface area contributed by atoms with E-state index < -0.39 is 6.04 Å². The molecule has 1 N–H and O–H groups in total. The van der Waals surface area contributed by atoms with Crippen molar-refractivity contribution >= 4 is 17.5 Å². The Morgan fingerprint density at radius 1 is 1.29 bits per heavy atom. The first-order valence-corrected chi connectivity index (χ1v) is 7.51. The summed E-state index contributed by atoms with van der Waals surface area (Å²) in [5.41, 5.74) is 0.860. The molecule has 1 aromatic carbocycles. The molecule has 3 rings (SSSR count). The second-order valence-corrected chi connectivity index (χ2v) is 5.58. The van der Waals surface area contributed by atoms with Crippen LogP contribution in [0.5, 0.6) is 0 Å². The van der Waals surface area contributed by atoms with E-state index in [4.69, 9.17) is 4.74 Å². The van der Waals surface area contributed by atoms with Crippen molar-refractivity contribution in [1.29, 1.82) is 0 Å². The largest absolute Gasteiger partial charge is 0.376 e. The molecule has 5 nitrogen and oxygen atoms in total. The third kappa shape index (κ3) is 3.24. The summed E-state index contributed by atoms with van der Waals surface area (Å²) in [6.07, 6.45) is 3.12. The monoisotopic (exact) mass is 288 g/mol. The summed E-state index contributed by atoms with van der Waals surface area (Å²) >= 11 is 0. The first kappa shape index (κ1) is 14.1. The topological polar surface area (TPSA) is 58.6 Å². The van der Waals surface area contributed by atoms with Crippen molar-refractivity contribution in [3.63, 3.8) is 0 Å². The van der Waals surface area contributed by atoms with Crippen molar-refractivity contribution < 1.29 is 14.3 Å². The fourth-order valence-electron chi connectivity index (χ4n) is 2.91. The molecular weight excluding hydrogens is 268 g/mol. The fourth-order valence-corrected chi connectivity index (χ4v) is 2.91. The first-order valence-electron chi connectivity index (χ1n) is 7.51. The Morgan fingerprint density at radius 2 is 2.10 bits per heavy atom. The molecule has 0 bridgehead atoms. The van der Waals surface area contributed by atoms with Crippen molar-refractivity contribution in [3.8, 4) is 0 Å². The molecular formula is C16H20N2O3. The van der Waals surface area contributed by atoms with Crippen LogP contribution in [-0.4, -0.2) is 37.1 Å². The number of ether oxygens (including phenoxy) is 1. The Hall–Kier alpha value is -1.88. The Balaban J connectivity index is 1.77. The number of amides is 2. The minimum Gasteiger partial charge on any atom is -0.376 e. The number of anilines is 1. The summed E-state index contributed by atoms with van der Waals surface area (Å²) in [6.45, 7) is 1.32. The maximum atomic E-state index is 12.7. The molecule has 2 atom stereocenters. The molecule has 112 valence electrons. The van der Waals surface area contributed by atoms with Gasteiger partial charge in [-0.15, -0.1) is 0 Å². The summed E-state index contributed by atoms with van der Waals surface area (Å²) in [6, 6.07) is 9.19. The number of rotatable bonds is 4. The molecule has 21 heavy (non-hydrogen) atoms. The maximum Gasteiger partial charge on any atom is 0.249 e. The third-order valence-electron chi connectivity index (χ3n) is 4.04. The van der Waals surface area contributed by atoms with Crippen LogP contribution in [0.15, 0.2) is 30.3 Å². The number of hydrogen-bond acceptors (Lipinski definition) is 3. The molecule has 5 heteroatoms. The van der Waals surface area contributed by atoms with E-state index in [-0.39, 0.29) is 17.9 Å². The molecule has 0 aliphatic carbocycles. The summed E-state index contributed by atoms with van der Waals surface area (Å²) in [5.74, 6) is -0.0824. The number of nitrogens with one attached hydrogen (secondary N) is 1. The van der Waals surface area contributed by atoms with Crippen molar-refractivity contribution in [2.45, 2.75) is 37.8 Å². The Bertz CT molecular complexity index is 512. The zero-order valence-corrected chi connectivity index (χ0v) is 12.0. The summed E-state index contributed by atoms with van der Waals surface area (Å²) in [7, 11) is 0. The van der Waals surface area contributed by atoms with Crippen molar-refractivity contribution in [2.24, 2.45) is 0 Å². The van der Waals surface area contributed by atoms with E-state index in [0.717, 1.165) is 25.1 Å². The van der Waals surface area contributed by atoms with Crippen LogP contribution < -0.4 is 10.2 Å². The predicted molar refractivity (Wildman–Crippen MR) is 78.9 cm³/mol. The lowest BCUT2D eigenvalue weighted by Crippen LogP contribution is -2.47. The van der Waals surface area contributed by atoms with Gasteiger partial charge in [0.15, 0.2) is 0 Å². The molecule has 2 unspecified atom stereocenters. The number of hydrogen-bond donors (Lipinski definition) is 1. The maximum absolute atomic E-state index is 12.7. The van der Waals surface area contributed by atoms with Crippen LogP contribution in [0.1, 0.15) is 25.7 Å². The van der Waals surface area contributed by atoms with Gasteiger partial charge < -0.3 is 15.0 Å². The minimum absolute atomic E-state index is 0.0393. The van der Waals surface area contributed by atoms with E-state index in [9.17, 15) is 9.59 Å². The van der Waals surface area contributed by atoms with Crippen LogP contribution in [0.3, 0.4) is 0 Å². The predicted octanol–water partition coefficient (Wildman–Crippen LogP) is 1.48. The van der Waals surface area contributed by atoms with Gasteiger partial charge in [-0.1, -0.05) is 18.2 Å². The van der Waals surface area contributed by atoms with Gasteiger partial charge in [0.05, 0.1) is 12.6 Å². The van der Waals surface area contributed by atoms with Gasteiger partial charge in [-0.2, -0.15) is 0 Å². The molecule has 0 aromatic heterocycles.